The van der Waals surface area contributed by atoms with Crippen LogP contribution in [0.3, 0.4) is 0 Å². The SMILES string of the molecule is CCCCCCc1ccc(-c2ncc([C@H]3CC[C@H](CCC)CC3)s2)cc1. The molecule has 1 fully saturated rings. The fraction of sp³-hybridized carbons (Fsp3) is 0.625. The van der Waals surface area contributed by atoms with Gasteiger partial charge in [-0.2, -0.15) is 0 Å². The van der Waals surface area contributed by atoms with Gasteiger partial charge in [0.2, 0.25) is 0 Å². The zero-order valence-electron chi connectivity index (χ0n) is 16.7. The van der Waals surface area contributed by atoms with E-state index >= 15 is 0 Å². The summed E-state index contributed by atoms with van der Waals surface area (Å²) in [5.74, 6) is 1.74. The second-order valence-electron chi connectivity index (χ2n) is 8.08. The Morgan fingerprint density at radius 2 is 1.69 bits per heavy atom. The van der Waals surface area contributed by atoms with Gasteiger partial charge in [-0.1, -0.05) is 70.2 Å². The van der Waals surface area contributed by atoms with E-state index in [0.29, 0.717) is 0 Å². The van der Waals surface area contributed by atoms with E-state index < -0.39 is 0 Å². The van der Waals surface area contributed by atoms with Crippen molar-refractivity contribution in [2.45, 2.75) is 90.4 Å². The molecule has 0 unspecified atom stereocenters. The van der Waals surface area contributed by atoms with Gasteiger partial charge >= 0.3 is 0 Å². The summed E-state index contributed by atoms with van der Waals surface area (Å²) in [6.07, 6.45) is 17.0. The largest absolute Gasteiger partial charge is 0.244 e. The second kappa shape index (κ2) is 10.3. The van der Waals surface area contributed by atoms with Crippen LogP contribution in [0.4, 0.5) is 0 Å². The molecule has 1 aliphatic rings. The lowest BCUT2D eigenvalue weighted by molar-refractivity contribution is 0.310. The number of thiazole rings is 1. The number of unbranched alkanes of at least 4 members (excludes halogenated alkanes) is 3. The number of aromatic nitrogens is 1. The number of nitrogens with zero attached hydrogens (tertiary/aromatic N) is 1. The van der Waals surface area contributed by atoms with Crippen LogP contribution >= 0.6 is 11.3 Å². The fourth-order valence-electron chi connectivity index (χ4n) is 4.32. The molecule has 0 bridgehead atoms. The average Bonchev–Trinajstić information content (AvgIpc) is 3.17. The normalized spacial score (nSPS) is 20.4. The highest BCUT2D eigenvalue weighted by molar-refractivity contribution is 7.15. The molecule has 1 aliphatic carbocycles. The molecule has 0 atom stereocenters. The van der Waals surface area contributed by atoms with Crippen molar-refractivity contribution in [2.75, 3.05) is 0 Å². The minimum Gasteiger partial charge on any atom is -0.244 e. The van der Waals surface area contributed by atoms with Gasteiger partial charge in [-0.3, -0.25) is 0 Å². The van der Waals surface area contributed by atoms with Crippen LogP contribution < -0.4 is 0 Å². The van der Waals surface area contributed by atoms with E-state index in [9.17, 15) is 0 Å². The standard InChI is InChI=1S/C24H35NS/c1-3-5-6-7-9-20-12-16-22(17-13-20)24-25-18-23(26-24)21-14-10-19(8-4-2)11-15-21/h12-13,16-19,21H,3-11,14-15H2,1-2H3/t19-,21-. The monoisotopic (exact) mass is 369 g/mol. The lowest BCUT2D eigenvalue weighted by atomic mass is 9.80. The van der Waals surface area contributed by atoms with Crippen molar-refractivity contribution in [1.29, 1.82) is 0 Å². The van der Waals surface area contributed by atoms with Crippen molar-refractivity contribution in [1.82, 2.24) is 4.98 Å². The van der Waals surface area contributed by atoms with E-state index in [1.54, 1.807) is 0 Å². The van der Waals surface area contributed by atoms with Crippen molar-refractivity contribution in [3.05, 3.63) is 40.9 Å². The van der Waals surface area contributed by atoms with E-state index in [0.717, 1.165) is 11.8 Å². The van der Waals surface area contributed by atoms with Crippen LogP contribution in [0.25, 0.3) is 10.6 Å². The highest BCUT2D eigenvalue weighted by Crippen LogP contribution is 2.40. The Balaban J connectivity index is 1.54. The third-order valence-electron chi connectivity index (χ3n) is 5.99. The molecule has 2 heteroatoms. The van der Waals surface area contributed by atoms with Gasteiger partial charge < -0.3 is 0 Å². The highest BCUT2D eigenvalue weighted by atomic mass is 32.1. The molecule has 0 N–H and O–H groups in total. The first-order valence-electron chi connectivity index (χ1n) is 10.8. The van der Waals surface area contributed by atoms with E-state index in [2.05, 4.69) is 44.3 Å². The number of hydrogen-bond acceptors (Lipinski definition) is 2. The van der Waals surface area contributed by atoms with Gasteiger partial charge in [-0.05, 0) is 55.9 Å². The third-order valence-corrected chi connectivity index (χ3v) is 7.20. The molecule has 2 aromatic rings. The number of rotatable bonds is 9. The summed E-state index contributed by atoms with van der Waals surface area (Å²) in [5, 5.41) is 1.20. The molecule has 1 nitrogen and oxygen atoms in total. The Kier molecular flexibility index (Phi) is 7.73. The first-order valence-corrected chi connectivity index (χ1v) is 11.7. The summed E-state index contributed by atoms with van der Waals surface area (Å²) >= 11 is 1.93. The lowest BCUT2D eigenvalue weighted by Gasteiger charge is -2.27. The smallest absolute Gasteiger partial charge is 0.123 e. The average molecular weight is 370 g/mol. The van der Waals surface area contributed by atoms with Gasteiger partial charge in [0.15, 0.2) is 0 Å². The Morgan fingerprint density at radius 3 is 2.38 bits per heavy atom. The molecule has 0 amide bonds. The van der Waals surface area contributed by atoms with Crippen LogP contribution in [0, 0.1) is 5.92 Å². The van der Waals surface area contributed by atoms with Gasteiger partial charge in [-0.15, -0.1) is 11.3 Å². The molecule has 26 heavy (non-hydrogen) atoms. The van der Waals surface area contributed by atoms with Crippen molar-refractivity contribution < 1.29 is 0 Å². The molecule has 0 spiro atoms. The van der Waals surface area contributed by atoms with Crippen LogP contribution in [-0.4, -0.2) is 4.98 Å². The Morgan fingerprint density at radius 1 is 0.923 bits per heavy atom. The summed E-state index contributed by atoms with van der Waals surface area (Å²) < 4.78 is 0. The van der Waals surface area contributed by atoms with E-state index in [4.69, 9.17) is 4.98 Å². The molecule has 1 saturated carbocycles. The van der Waals surface area contributed by atoms with Gasteiger partial charge in [0.25, 0.3) is 0 Å². The van der Waals surface area contributed by atoms with Crippen LogP contribution in [0.2, 0.25) is 0 Å². The summed E-state index contributed by atoms with van der Waals surface area (Å²) in [5.41, 5.74) is 2.76. The van der Waals surface area contributed by atoms with Crippen molar-refractivity contribution in [3.8, 4) is 10.6 Å². The zero-order valence-corrected chi connectivity index (χ0v) is 17.5. The van der Waals surface area contributed by atoms with Crippen LogP contribution in [0.15, 0.2) is 30.5 Å². The van der Waals surface area contributed by atoms with Crippen LogP contribution in [0.1, 0.15) is 94.4 Å². The van der Waals surface area contributed by atoms with E-state index in [1.165, 1.54) is 91.6 Å². The first kappa shape index (κ1) is 19.6. The zero-order chi connectivity index (χ0) is 18.2. The molecule has 0 aliphatic heterocycles. The molecule has 3 rings (SSSR count). The molecule has 0 saturated heterocycles. The molecule has 1 aromatic heterocycles. The Bertz CT molecular complexity index is 634. The Hall–Kier alpha value is -1.15. The molecule has 142 valence electrons. The number of aryl methyl sites for hydroxylation is 1. The summed E-state index contributed by atoms with van der Waals surface area (Å²) in [6, 6.07) is 9.16. The predicted molar refractivity (Wildman–Crippen MR) is 115 cm³/mol. The fourth-order valence-corrected chi connectivity index (χ4v) is 5.41. The molecular formula is C24H35NS. The van der Waals surface area contributed by atoms with Crippen molar-refractivity contribution in [3.63, 3.8) is 0 Å². The minimum atomic E-state index is 0.757. The van der Waals surface area contributed by atoms with Gasteiger partial charge in [0, 0.05) is 16.6 Å². The highest BCUT2D eigenvalue weighted by Gasteiger charge is 2.23. The van der Waals surface area contributed by atoms with Crippen LogP contribution in [0.5, 0.6) is 0 Å². The maximum Gasteiger partial charge on any atom is 0.123 e. The second-order valence-corrected chi connectivity index (χ2v) is 9.14. The maximum absolute atomic E-state index is 4.75. The summed E-state index contributed by atoms with van der Waals surface area (Å²) in [7, 11) is 0. The molecule has 1 heterocycles. The van der Waals surface area contributed by atoms with Gasteiger partial charge in [0.1, 0.15) is 5.01 Å². The van der Waals surface area contributed by atoms with Crippen LogP contribution in [-0.2, 0) is 6.42 Å². The topological polar surface area (TPSA) is 12.9 Å². The number of benzene rings is 1. The molecule has 1 aromatic carbocycles. The van der Waals surface area contributed by atoms with E-state index in [1.807, 2.05) is 11.3 Å². The maximum atomic E-state index is 4.75. The predicted octanol–water partition coefficient (Wildman–Crippen LogP) is 8.01. The lowest BCUT2D eigenvalue weighted by Crippen LogP contribution is -2.12. The van der Waals surface area contributed by atoms with Crippen molar-refractivity contribution >= 4 is 11.3 Å². The molecular weight excluding hydrogens is 334 g/mol. The summed E-state index contributed by atoms with van der Waals surface area (Å²) in [4.78, 5) is 6.26. The third kappa shape index (κ3) is 5.42. The number of hydrogen-bond donors (Lipinski definition) is 0. The molecule has 0 radical (unpaired) electrons. The minimum absolute atomic E-state index is 0.757. The first-order chi connectivity index (χ1) is 12.8. The van der Waals surface area contributed by atoms with Crippen molar-refractivity contribution in [2.24, 2.45) is 5.92 Å². The van der Waals surface area contributed by atoms with Gasteiger partial charge in [-0.25, -0.2) is 4.98 Å². The summed E-state index contributed by atoms with van der Waals surface area (Å²) in [6.45, 7) is 4.59. The Labute approximate surface area is 164 Å². The quantitative estimate of drug-likeness (QED) is 0.408. The van der Waals surface area contributed by atoms with E-state index in [-0.39, 0.29) is 0 Å². The van der Waals surface area contributed by atoms with Gasteiger partial charge in [0.05, 0.1) is 0 Å².